The number of rotatable bonds is 5. The molecule has 4 nitrogen and oxygen atoms in total. The maximum Gasteiger partial charge on any atom is 0.263 e. The van der Waals surface area contributed by atoms with Crippen molar-refractivity contribution in [2.75, 3.05) is 11.6 Å². The van der Waals surface area contributed by atoms with E-state index in [1.54, 1.807) is 34.7 Å². The van der Waals surface area contributed by atoms with Crippen LogP contribution in [0, 0.1) is 6.92 Å². The maximum absolute atomic E-state index is 12.7. The summed E-state index contributed by atoms with van der Waals surface area (Å²) in [5.41, 5.74) is 2.73. The summed E-state index contributed by atoms with van der Waals surface area (Å²) in [6.45, 7) is 2.45. The Kier molecular flexibility index (Phi) is 5.58. The van der Waals surface area contributed by atoms with Crippen molar-refractivity contribution < 1.29 is 4.79 Å². The van der Waals surface area contributed by atoms with Crippen LogP contribution in [0.4, 0.5) is 5.69 Å². The van der Waals surface area contributed by atoms with Crippen LogP contribution >= 0.6 is 11.8 Å². The molecule has 1 N–H and O–H groups in total. The molecule has 0 aliphatic carbocycles. The van der Waals surface area contributed by atoms with Crippen molar-refractivity contribution in [2.24, 2.45) is 0 Å². The van der Waals surface area contributed by atoms with Crippen LogP contribution in [0.5, 0.6) is 0 Å². The zero-order chi connectivity index (χ0) is 18.5. The minimum Gasteiger partial charge on any atom is -0.321 e. The van der Waals surface area contributed by atoms with Gasteiger partial charge in [0, 0.05) is 11.1 Å². The number of thioether (sulfide) groups is 1. The third kappa shape index (κ3) is 4.06. The summed E-state index contributed by atoms with van der Waals surface area (Å²) in [6, 6.07) is 18.8. The van der Waals surface area contributed by atoms with Gasteiger partial charge in [0.15, 0.2) is 0 Å². The second kappa shape index (κ2) is 8.06. The maximum atomic E-state index is 12.7. The van der Waals surface area contributed by atoms with Crippen molar-refractivity contribution in [1.82, 2.24) is 4.57 Å². The molecule has 0 saturated carbocycles. The number of aromatic nitrogens is 1. The summed E-state index contributed by atoms with van der Waals surface area (Å²) in [4.78, 5) is 26.3. The van der Waals surface area contributed by atoms with E-state index < -0.39 is 5.91 Å². The fourth-order valence-corrected chi connectivity index (χ4v) is 3.22. The van der Waals surface area contributed by atoms with Gasteiger partial charge in [-0.1, -0.05) is 42.0 Å². The molecule has 0 aliphatic heterocycles. The molecule has 2 aromatic carbocycles. The molecule has 0 aliphatic rings. The van der Waals surface area contributed by atoms with Gasteiger partial charge in [-0.05, 0) is 43.0 Å². The topological polar surface area (TPSA) is 51.1 Å². The largest absolute Gasteiger partial charge is 0.321 e. The predicted molar refractivity (Wildman–Crippen MR) is 107 cm³/mol. The lowest BCUT2D eigenvalue weighted by molar-refractivity contribution is 0.102. The first-order chi connectivity index (χ1) is 12.6. The first kappa shape index (κ1) is 18.0. The number of aryl methyl sites for hydroxylation is 1. The number of hydrogen-bond acceptors (Lipinski definition) is 3. The zero-order valence-corrected chi connectivity index (χ0v) is 15.5. The van der Waals surface area contributed by atoms with Gasteiger partial charge in [-0.25, -0.2) is 0 Å². The Morgan fingerprint density at radius 3 is 2.50 bits per heavy atom. The monoisotopic (exact) mass is 364 g/mol. The van der Waals surface area contributed by atoms with Gasteiger partial charge in [-0.3, -0.25) is 9.59 Å². The van der Waals surface area contributed by atoms with Crippen LogP contribution in [0.2, 0.25) is 0 Å². The number of pyridine rings is 1. The van der Waals surface area contributed by atoms with Gasteiger partial charge in [-0.15, -0.1) is 11.8 Å². The summed E-state index contributed by atoms with van der Waals surface area (Å²) >= 11 is 1.54. The quantitative estimate of drug-likeness (QED) is 0.691. The molecular formula is C21H20N2O2S. The van der Waals surface area contributed by atoms with Crippen LogP contribution in [-0.4, -0.2) is 16.7 Å². The van der Waals surface area contributed by atoms with E-state index in [1.165, 1.54) is 5.56 Å². The first-order valence-corrected chi connectivity index (χ1v) is 9.50. The molecule has 0 bridgehead atoms. The van der Waals surface area contributed by atoms with E-state index in [0.717, 1.165) is 10.5 Å². The number of nitrogens with zero attached hydrogens (tertiary/aromatic N) is 1. The highest BCUT2D eigenvalue weighted by molar-refractivity contribution is 7.98. The van der Waals surface area contributed by atoms with Gasteiger partial charge in [0.1, 0.15) is 5.56 Å². The Morgan fingerprint density at radius 1 is 1.04 bits per heavy atom. The molecule has 1 amide bonds. The van der Waals surface area contributed by atoms with E-state index in [4.69, 9.17) is 0 Å². The number of para-hydroxylation sites is 1. The third-order valence-electron chi connectivity index (χ3n) is 4.09. The van der Waals surface area contributed by atoms with Crippen LogP contribution in [0.1, 0.15) is 21.5 Å². The average Bonchev–Trinajstić information content (AvgIpc) is 2.65. The number of anilines is 1. The lowest BCUT2D eigenvalue weighted by Crippen LogP contribution is -2.29. The second-order valence-electron chi connectivity index (χ2n) is 5.99. The lowest BCUT2D eigenvalue weighted by Gasteiger charge is -2.11. The highest BCUT2D eigenvalue weighted by atomic mass is 32.2. The Bertz CT molecular complexity index is 978. The van der Waals surface area contributed by atoms with Crippen molar-refractivity contribution in [1.29, 1.82) is 0 Å². The molecule has 3 aromatic rings. The van der Waals surface area contributed by atoms with Gasteiger partial charge in [0.2, 0.25) is 0 Å². The summed E-state index contributed by atoms with van der Waals surface area (Å²) in [5.74, 6) is -0.394. The van der Waals surface area contributed by atoms with E-state index in [1.807, 2.05) is 61.7 Å². The van der Waals surface area contributed by atoms with Gasteiger partial charge in [-0.2, -0.15) is 0 Å². The fraction of sp³-hybridized carbons (Fsp3) is 0.143. The number of amides is 1. The summed E-state index contributed by atoms with van der Waals surface area (Å²) < 4.78 is 1.56. The molecular weight excluding hydrogens is 344 g/mol. The van der Waals surface area contributed by atoms with Crippen molar-refractivity contribution in [3.05, 3.63) is 93.9 Å². The van der Waals surface area contributed by atoms with E-state index in [0.29, 0.717) is 12.2 Å². The first-order valence-electron chi connectivity index (χ1n) is 8.28. The predicted octanol–water partition coefficient (Wildman–Crippen LogP) is 4.18. The SMILES string of the molecule is CSc1ccccc1NC(=O)c1cccn(Cc2ccc(C)cc2)c1=O. The molecule has 5 heteroatoms. The normalized spacial score (nSPS) is 10.5. The number of hydrogen-bond donors (Lipinski definition) is 1. The number of nitrogens with one attached hydrogen (secondary N) is 1. The molecule has 0 spiro atoms. The minimum atomic E-state index is -0.394. The lowest BCUT2D eigenvalue weighted by atomic mass is 10.1. The smallest absolute Gasteiger partial charge is 0.263 e. The summed E-state index contributed by atoms with van der Waals surface area (Å²) in [6.07, 6.45) is 3.65. The van der Waals surface area contributed by atoms with Crippen LogP contribution in [0.3, 0.4) is 0 Å². The van der Waals surface area contributed by atoms with Crippen molar-refractivity contribution in [3.8, 4) is 0 Å². The Morgan fingerprint density at radius 2 is 1.77 bits per heavy atom. The molecule has 0 atom stereocenters. The number of carbonyl (C=O) groups is 1. The van der Waals surface area contributed by atoms with Crippen molar-refractivity contribution >= 4 is 23.4 Å². The summed E-state index contributed by atoms with van der Waals surface area (Å²) in [5, 5.41) is 2.84. The standard InChI is InChI=1S/C21H20N2O2S/c1-15-9-11-16(12-10-15)14-23-13-5-6-17(21(23)25)20(24)22-18-7-3-4-8-19(18)26-2/h3-13H,14H2,1-2H3,(H,22,24). The van der Waals surface area contributed by atoms with Crippen LogP contribution in [0.15, 0.2) is 76.6 Å². The molecule has 132 valence electrons. The molecule has 1 heterocycles. The molecule has 0 unspecified atom stereocenters. The van der Waals surface area contributed by atoms with Crippen LogP contribution < -0.4 is 10.9 Å². The fourth-order valence-electron chi connectivity index (χ4n) is 2.66. The van der Waals surface area contributed by atoms with Crippen LogP contribution in [-0.2, 0) is 6.54 Å². The average molecular weight is 364 g/mol. The van der Waals surface area contributed by atoms with Gasteiger partial charge in [0.25, 0.3) is 11.5 Å². The van der Waals surface area contributed by atoms with E-state index in [9.17, 15) is 9.59 Å². The Hall–Kier alpha value is -2.79. The number of carbonyl (C=O) groups excluding carboxylic acids is 1. The highest BCUT2D eigenvalue weighted by Gasteiger charge is 2.14. The molecule has 26 heavy (non-hydrogen) atoms. The molecule has 0 fully saturated rings. The molecule has 0 radical (unpaired) electrons. The molecule has 1 aromatic heterocycles. The van der Waals surface area contributed by atoms with Gasteiger partial charge < -0.3 is 9.88 Å². The summed E-state index contributed by atoms with van der Waals surface area (Å²) in [7, 11) is 0. The van der Waals surface area contributed by atoms with E-state index in [-0.39, 0.29) is 11.1 Å². The highest BCUT2D eigenvalue weighted by Crippen LogP contribution is 2.24. The van der Waals surface area contributed by atoms with Crippen molar-refractivity contribution in [2.45, 2.75) is 18.4 Å². The Labute approximate surface area is 156 Å². The number of benzene rings is 2. The van der Waals surface area contributed by atoms with Gasteiger partial charge >= 0.3 is 0 Å². The Balaban J connectivity index is 1.85. The van der Waals surface area contributed by atoms with Gasteiger partial charge in [0.05, 0.1) is 12.2 Å². The second-order valence-corrected chi connectivity index (χ2v) is 6.84. The third-order valence-corrected chi connectivity index (χ3v) is 4.89. The zero-order valence-electron chi connectivity index (χ0n) is 14.7. The molecule has 0 saturated heterocycles. The van der Waals surface area contributed by atoms with Crippen LogP contribution in [0.25, 0.3) is 0 Å². The molecule has 3 rings (SSSR count). The van der Waals surface area contributed by atoms with Crippen molar-refractivity contribution in [3.63, 3.8) is 0 Å². The minimum absolute atomic E-state index is 0.135. The van der Waals surface area contributed by atoms with E-state index in [2.05, 4.69) is 5.32 Å². The van der Waals surface area contributed by atoms with E-state index >= 15 is 0 Å².